The highest BCUT2D eigenvalue weighted by molar-refractivity contribution is 7.88. The van der Waals surface area contributed by atoms with E-state index in [4.69, 9.17) is 0 Å². The Labute approximate surface area is 145 Å². The Morgan fingerprint density at radius 2 is 0.679 bits per heavy atom. The van der Waals surface area contributed by atoms with E-state index in [1.54, 1.807) is 0 Å². The molecule has 0 saturated heterocycles. The smallest absolute Gasteiger partial charge is 0.215 e. The van der Waals surface area contributed by atoms with Gasteiger partial charge in [0.1, 0.15) is 0 Å². The van der Waals surface area contributed by atoms with Crippen molar-refractivity contribution >= 4 is 12.3 Å². The van der Waals surface area contributed by atoms with Crippen LogP contribution in [0.3, 0.4) is 0 Å². The standard InChI is InChI=1S/C8F17O2S/c9-1(10,3(13,14)5(17,18)7(21,22)23)2(11,12)4(15,16)6(19,20)8(24,25)27-28-26. The third-order valence-corrected chi connectivity index (χ3v) is 3.11. The predicted octanol–water partition coefficient (Wildman–Crippen LogP) is 5.96. The highest BCUT2D eigenvalue weighted by atomic mass is 32.2. The molecule has 169 valence electrons. The van der Waals surface area contributed by atoms with Crippen molar-refractivity contribution in [1.29, 1.82) is 0 Å². The first-order valence-corrected chi connectivity index (χ1v) is 6.17. The molecule has 0 saturated carbocycles. The van der Waals surface area contributed by atoms with Crippen molar-refractivity contribution in [3.05, 3.63) is 0 Å². The fourth-order valence-corrected chi connectivity index (χ4v) is 1.43. The van der Waals surface area contributed by atoms with E-state index in [1.807, 2.05) is 4.18 Å². The highest BCUT2D eigenvalue weighted by Gasteiger charge is 2.95. The molecule has 0 atom stereocenters. The SMILES string of the molecule is [O]SOC(F)(F)C(F)(F)C(F)(F)C(F)(F)C(F)(F)C(F)(F)C(F)(F)C(F)(F)F. The van der Waals surface area contributed by atoms with Crippen LogP contribution in [0.4, 0.5) is 74.6 Å². The molecule has 0 spiro atoms. The van der Waals surface area contributed by atoms with Crippen LogP contribution in [0.15, 0.2) is 0 Å². The summed E-state index contributed by atoms with van der Waals surface area (Å²) in [6.07, 6.45) is -14.9. The summed E-state index contributed by atoms with van der Waals surface area (Å²) < 4.78 is 226. The van der Waals surface area contributed by atoms with Gasteiger partial charge in [-0.25, -0.2) is 4.18 Å². The van der Waals surface area contributed by atoms with Crippen LogP contribution in [0.5, 0.6) is 0 Å². The van der Waals surface area contributed by atoms with Crippen molar-refractivity contribution in [3.63, 3.8) is 0 Å². The van der Waals surface area contributed by atoms with Crippen LogP contribution < -0.4 is 0 Å². The summed E-state index contributed by atoms with van der Waals surface area (Å²) in [6, 6.07) is 0. The second-order valence-corrected chi connectivity index (χ2v) is 4.92. The Hall–Kier alpha value is -0.920. The van der Waals surface area contributed by atoms with Gasteiger partial charge in [0.25, 0.3) is 0 Å². The molecule has 0 amide bonds. The van der Waals surface area contributed by atoms with Gasteiger partial charge in [0.2, 0.25) is 12.3 Å². The van der Waals surface area contributed by atoms with E-state index in [-0.39, 0.29) is 0 Å². The average Bonchev–Trinajstić information content (AvgIpc) is 2.44. The van der Waals surface area contributed by atoms with Crippen molar-refractivity contribution in [2.45, 2.75) is 47.8 Å². The molecule has 28 heavy (non-hydrogen) atoms. The van der Waals surface area contributed by atoms with E-state index in [2.05, 4.69) is 0 Å². The lowest BCUT2D eigenvalue weighted by Crippen LogP contribution is -2.74. The van der Waals surface area contributed by atoms with Crippen molar-refractivity contribution in [2.24, 2.45) is 0 Å². The molecule has 20 heteroatoms. The molecule has 0 aromatic rings. The Bertz CT molecular complexity index is 566. The monoisotopic (exact) mass is 483 g/mol. The summed E-state index contributed by atoms with van der Waals surface area (Å²) in [7, 11) is 0. The topological polar surface area (TPSA) is 29.1 Å². The van der Waals surface area contributed by atoms with Crippen LogP contribution in [0.1, 0.15) is 0 Å². The van der Waals surface area contributed by atoms with Crippen molar-refractivity contribution in [1.82, 2.24) is 0 Å². The minimum Gasteiger partial charge on any atom is -0.215 e. The van der Waals surface area contributed by atoms with Gasteiger partial charge in [-0.3, -0.25) is 0 Å². The summed E-state index contributed by atoms with van der Waals surface area (Å²) in [5.41, 5.74) is 0. The number of rotatable bonds is 8. The first kappa shape index (κ1) is 27.1. The van der Waals surface area contributed by atoms with E-state index in [0.717, 1.165) is 0 Å². The largest absolute Gasteiger partial charge is 0.460 e. The number of halogens is 17. The van der Waals surface area contributed by atoms with Crippen LogP contribution >= 0.6 is 12.3 Å². The Morgan fingerprint density at radius 3 is 0.929 bits per heavy atom. The van der Waals surface area contributed by atoms with Crippen LogP contribution in [0, 0.1) is 0 Å². The Morgan fingerprint density at radius 1 is 0.429 bits per heavy atom. The van der Waals surface area contributed by atoms with Gasteiger partial charge < -0.3 is 0 Å². The second-order valence-electron chi connectivity index (χ2n) is 4.61. The highest BCUT2D eigenvalue weighted by Crippen LogP contribution is 2.64. The molecule has 0 N–H and O–H groups in total. The Balaban J connectivity index is 6.63. The van der Waals surface area contributed by atoms with Gasteiger partial charge in [-0.05, 0) is 0 Å². The van der Waals surface area contributed by atoms with Crippen LogP contribution in [0.2, 0.25) is 0 Å². The van der Waals surface area contributed by atoms with E-state index < -0.39 is 60.1 Å². The zero-order valence-electron chi connectivity index (χ0n) is 11.7. The zero-order chi connectivity index (χ0) is 23.4. The molecule has 0 aliphatic rings. The summed E-state index contributed by atoms with van der Waals surface area (Å²) in [5, 5.41) is 0. The predicted molar refractivity (Wildman–Crippen MR) is 50.0 cm³/mol. The summed E-state index contributed by atoms with van der Waals surface area (Å²) in [4.78, 5) is 0. The molecule has 0 aliphatic heterocycles. The molecule has 0 bridgehead atoms. The molecule has 0 aromatic heterocycles. The third-order valence-electron chi connectivity index (χ3n) is 2.83. The molecule has 0 unspecified atom stereocenters. The fraction of sp³-hybridized carbons (Fsp3) is 1.00. The minimum absolute atomic E-state index is 2.00. The van der Waals surface area contributed by atoms with Crippen LogP contribution in [-0.2, 0) is 8.74 Å². The first-order valence-electron chi connectivity index (χ1n) is 5.50. The van der Waals surface area contributed by atoms with E-state index in [0.29, 0.717) is 0 Å². The number of alkyl halides is 17. The normalized spacial score (nSPS) is 16.5. The maximum Gasteiger partial charge on any atom is 0.460 e. The van der Waals surface area contributed by atoms with Crippen LogP contribution in [0.25, 0.3) is 0 Å². The maximum absolute atomic E-state index is 13.0. The van der Waals surface area contributed by atoms with Gasteiger partial charge >= 0.3 is 47.8 Å². The lowest BCUT2D eigenvalue weighted by molar-refractivity contribution is -0.471. The number of hydrogen-bond donors (Lipinski definition) is 0. The molecule has 0 aliphatic carbocycles. The summed E-state index contributed by atoms with van der Waals surface area (Å²) >= 11 is -2.18. The molecule has 0 heterocycles. The molecule has 1 radical (unpaired) electrons. The second kappa shape index (κ2) is 6.81. The van der Waals surface area contributed by atoms with Crippen molar-refractivity contribution in [2.75, 3.05) is 0 Å². The average molecular weight is 483 g/mol. The number of hydrogen-bond acceptors (Lipinski definition) is 2. The van der Waals surface area contributed by atoms with Gasteiger partial charge in [-0.1, -0.05) is 0 Å². The third kappa shape index (κ3) is 3.33. The molecular weight excluding hydrogens is 483 g/mol. The molecule has 0 fully saturated rings. The van der Waals surface area contributed by atoms with E-state index in [1.165, 1.54) is 0 Å². The van der Waals surface area contributed by atoms with Gasteiger partial charge in [0.05, 0.1) is 0 Å². The molecule has 0 rings (SSSR count). The fourth-order valence-electron chi connectivity index (χ4n) is 1.24. The first-order chi connectivity index (χ1) is 11.8. The van der Waals surface area contributed by atoms with Crippen molar-refractivity contribution < 1.29 is 83.4 Å². The quantitative estimate of drug-likeness (QED) is 0.315. The molecule has 0 aromatic carbocycles. The summed E-state index contributed by atoms with van der Waals surface area (Å²) in [5.74, 6) is -50.6. The van der Waals surface area contributed by atoms with Gasteiger partial charge in [0.15, 0.2) is 0 Å². The van der Waals surface area contributed by atoms with E-state index in [9.17, 15) is 79.2 Å². The van der Waals surface area contributed by atoms with Gasteiger partial charge in [0, 0.05) is 0 Å². The zero-order valence-corrected chi connectivity index (χ0v) is 12.5. The van der Waals surface area contributed by atoms with Crippen molar-refractivity contribution in [3.8, 4) is 0 Å². The van der Waals surface area contributed by atoms with E-state index >= 15 is 0 Å². The lowest BCUT2D eigenvalue weighted by atomic mass is 9.91. The van der Waals surface area contributed by atoms with Crippen LogP contribution in [-0.4, -0.2) is 47.8 Å². The lowest BCUT2D eigenvalue weighted by Gasteiger charge is -2.42. The Kier molecular flexibility index (Phi) is 6.59. The van der Waals surface area contributed by atoms with Gasteiger partial charge in [-0.15, -0.1) is 4.55 Å². The van der Waals surface area contributed by atoms with Gasteiger partial charge in [-0.2, -0.15) is 74.6 Å². The minimum atomic E-state index is -8.70. The molecule has 2 nitrogen and oxygen atoms in total. The molecular formula is C8F17O2S. The maximum atomic E-state index is 13.0. The summed E-state index contributed by atoms with van der Waals surface area (Å²) in [6.45, 7) is 0.